The quantitative estimate of drug-likeness (QED) is 0.631. The molecule has 1 saturated heterocycles. The minimum absolute atomic E-state index is 0.254. The van der Waals surface area contributed by atoms with E-state index >= 15 is 0 Å². The fraction of sp³-hybridized carbons (Fsp3) is 0.611. The van der Waals surface area contributed by atoms with Crippen LogP contribution in [0.3, 0.4) is 0 Å². The van der Waals surface area contributed by atoms with E-state index in [9.17, 15) is 5.11 Å². The van der Waals surface area contributed by atoms with Crippen LogP contribution in [0.4, 0.5) is 0 Å². The van der Waals surface area contributed by atoms with Crippen LogP contribution >= 0.6 is 11.8 Å². The Hall–Kier alpha value is -1.56. The van der Waals surface area contributed by atoms with Gasteiger partial charge in [0, 0.05) is 36.2 Å². The molecule has 1 fully saturated rings. The molecule has 1 aromatic rings. The van der Waals surface area contributed by atoms with Gasteiger partial charge in [0.25, 0.3) is 0 Å². The first kappa shape index (κ1) is 18.8. The zero-order valence-electron chi connectivity index (χ0n) is 15.1. The maximum atomic E-state index is 10.0. The fourth-order valence-electron chi connectivity index (χ4n) is 2.67. The number of ether oxygens (including phenoxy) is 1. The molecule has 1 atom stereocenters. The molecule has 0 bridgehead atoms. The molecular formula is C18H29N3O2S. The average Bonchev–Trinajstić information content (AvgIpc) is 2.60. The Kier molecular flexibility index (Phi) is 7.09. The van der Waals surface area contributed by atoms with Gasteiger partial charge >= 0.3 is 0 Å². The van der Waals surface area contributed by atoms with Gasteiger partial charge in [-0.05, 0) is 31.0 Å². The molecule has 0 aromatic heterocycles. The smallest absolute Gasteiger partial charge is 0.194 e. The minimum atomic E-state index is 0.254. The second-order valence-electron chi connectivity index (χ2n) is 6.26. The highest BCUT2D eigenvalue weighted by Gasteiger charge is 2.24. The third-order valence-electron chi connectivity index (χ3n) is 4.16. The van der Waals surface area contributed by atoms with Crippen molar-refractivity contribution in [3.63, 3.8) is 0 Å². The standard InChI is InChI=1S/C18H29N3O2S/c1-5-19-18(21-8-9-24-17(12-21)13(2)3)20-11-14-10-15(23-4)6-7-16(14)22/h6-7,10,13,17,22H,5,8-9,11-12H2,1-4H3,(H,19,20). The van der Waals surface area contributed by atoms with Crippen LogP contribution < -0.4 is 10.1 Å². The van der Waals surface area contributed by atoms with Crippen molar-refractivity contribution >= 4 is 17.7 Å². The van der Waals surface area contributed by atoms with Crippen LogP contribution in [0.25, 0.3) is 0 Å². The van der Waals surface area contributed by atoms with Crippen LogP contribution in [0.1, 0.15) is 26.3 Å². The third kappa shape index (κ3) is 4.97. The second kappa shape index (κ2) is 9.06. The van der Waals surface area contributed by atoms with E-state index in [0.29, 0.717) is 17.7 Å². The lowest BCUT2D eigenvalue weighted by Gasteiger charge is -2.36. The normalized spacial score (nSPS) is 18.8. The number of phenols is 1. The van der Waals surface area contributed by atoms with Gasteiger partial charge in [0.05, 0.1) is 13.7 Å². The van der Waals surface area contributed by atoms with E-state index < -0.39 is 0 Å². The number of nitrogens with zero attached hydrogens (tertiary/aromatic N) is 2. The van der Waals surface area contributed by atoms with Crippen LogP contribution in [0.2, 0.25) is 0 Å². The summed E-state index contributed by atoms with van der Waals surface area (Å²) in [6, 6.07) is 5.25. The summed E-state index contributed by atoms with van der Waals surface area (Å²) in [4.78, 5) is 7.08. The number of phenolic OH excluding ortho intramolecular Hbond substituents is 1. The summed E-state index contributed by atoms with van der Waals surface area (Å²) in [5.74, 6) is 3.69. The van der Waals surface area contributed by atoms with Crippen LogP contribution in [-0.4, -0.2) is 53.7 Å². The van der Waals surface area contributed by atoms with Crippen LogP contribution in [0, 0.1) is 5.92 Å². The van der Waals surface area contributed by atoms with Crippen molar-refractivity contribution in [1.29, 1.82) is 0 Å². The molecule has 2 N–H and O–H groups in total. The summed E-state index contributed by atoms with van der Waals surface area (Å²) in [6.45, 7) is 9.92. The summed E-state index contributed by atoms with van der Waals surface area (Å²) in [5, 5.41) is 14.1. The summed E-state index contributed by atoms with van der Waals surface area (Å²) in [5.41, 5.74) is 0.775. The highest BCUT2D eigenvalue weighted by Crippen LogP contribution is 2.26. The van der Waals surface area contributed by atoms with Crippen LogP contribution in [0.5, 0.6) is 11.5 Å². The predicted molar refractivity (Wildman–Crippen MR) is 102 cm³/mol. The largest absolute Gasteiger partial charge is 0.508 e. The zero-order chi connectivity index (χ0) is 17.5. The average molecular weight is 352 g/mol. The van der Waals surface area contributed by atoms with Crippen molar-refractivity contribution < 1.29 is 9.84 Å². The Labute approximate surface area is 149 Å². The third-order valence-corrected chi connectivity index (χ3v) is 5.70. The van der Waals surface area contributed by atoms with Crippen molar-refractivity contribution in [2.24, 2.45) is 10.9 Å². The molecule has 0 radical (unpaired) electrons. The molecule has 5 nitrogen and oxygen atoms in total. The van der Waals surface area contributed by atoms with E-state index in [4.69, 9.17) is 9.73 Å². The monoisotopic (exact) mass is 351 g/mol. The first-order valence-electron chi connectivity index (χ1n) is 8.55. The highest BCUT2D eigenvalue weighted by molar-refractivity contribution is 8.00. The van der Waals surface area contributed by atoms with Crippen molar-refractivity contribution in [1.82, 2.24) is 10.2 Å². The summed E-state index contributed by atoms with van der Waals surface area (Å²) >= 11 is 2.05. The number of benzene rings is 1. The Morgan fingerprint density at radius 2 is 2.29 bits per heavy atom. The summed E-state index contributed by atoms with van der Waals surface area (Å²) in [7, 11) is 1.63. The topological polar surface area (TPSA) is 57.1 Å². The van der Waals surface area contributed by atoms with E-state index in [1.54, 1.807) is 19.2 Å². The number of hydrogen-bond donors (Lipinski definition) is 2. The van der Waals surface area contributed by atoms with Gasteiger partial charge in [-0.15, -0.1) is 0 Å². The Morgan fingerprint density at radius 3 is 2.96 bits per heavy atom. The van der Waals surface area contributed by atoms with E-state index in [1.165, 1.54) is 0 Å². The molecule has 24 heavy (non-hydrogen) atoms. The first-order chi connectivity index (χ1) is 11.5. The van der Waals surface area contributed by atoms with Crippen molar-refractivity contribution in [2.75, 3.05) is 32.5 Å². The molecule has 1 heterocycles. The lowest BCUT2D eigenvalue weighted by Crippen LogP contribution is -2.49. The molecule has 0 saturated carbocycles. The summed E-state index contributed by atoms with van der Waals surface area (Å²) in [6.07, 6.45) is 0. The lowest BCUT2D eigenvalue weighted by molar-refractivity contribution is 0.380. The molecule has 1 aliphatic heterocycles. The van der Waals surface area contributed by atoms with Gasteiger partial charge in [-0.1, -0.05) is 13.8 Å². The van der Waals surface area contributed by atoms with Gasteiger partial charge in [0.15, 0.2) is 5.96 Å². The maximum Gasteiger partial charge on any atom is 0.194 e. The van der Waals surface area contributed by atoms with Crippen molar-refractivity contribution in [3.05, 3.63) is 23.8 Å². The Bertz CT molecular complexity index is 563. The number of aromatic hydroxyl groups is 1. The summed E-state index contributed by atoms with van der Waals surface area (Å²) < 4.78 is 5.23. The molecule has 1 aromatic carbocycles. The molecule has 2 rings (SSSR count). The van der Waals surface area contributed by atoms with E-state index in [-0.39, 0.29) is 5.75 Å². The fourth-order valence-corrected chi connectivity index (χ4v) is 3.97. The minimum Gasteiger partial charge on any atom is -0.508 e. The number of guanidine groups is 1. The van der Waals surface area contributed by atoms with E-state index in [0.717, 1.165) is 42.7 Å². The van der Waals surface area contributed by atoms with Gasteiger partial charge in [0.2, 0.25) is 0 Å². The van der Waals surface area contributed by atoms with Gasteiger partial charge < -0.3 is 20.1 Å². The maximum absolute atomic E-state index is 10.0. The molecule has 0 amide bonds. The molecule has 1 unspecified atom stereocenters. The molecule has 0 aliphatic carbocycles. The van der Waals surface area contributed by atoms with Crippen LogP contribution in [-0.2, 0) is 6.54 Å². The number of nitrogens with one attached hydrogen (secondary N) is 1. The lowest BCUT2D eigenvalue weighted by atomic mass is 10.1. The zero-order valence-corrected chi connectivity index (χ0v) is 15.9. The highest BCUT2D eigenvalue weighted by atomic mass is 32.2. The van der Waals surface area contributed by atoms with Crippen molar-refractivity contribution in [3.8, 4) is 11.5 Å². The van der Waals surface area contributed by atoms with Gasteiger partial charge in [-0.25, -0.2) is 4.99 Å². The molecule has 6 heteroatoms. The molecule has 0 spiro atoms. The number of thioether (sulfide) groups is 1. The second-order valence-corrected chi connectivity index (χ2v) is 7.61. The number of rotatable bonds is 5. The van der Waals surface area contributed by atoms with Gasteiger partial charge in [-0.2, -0.15) is 11.8 Å². The Morgan fingerprint density at radius 1 is 1.50 bits per heavy atom. The van der Waals surface area contributed by atoms with Crippen LogP contribution in [0.15, 0.2) is 23.2 Å². The molecule has 1 aliphatic rings. The Balaban J connectivity index is 2.13. The number of methoxy groups -OCH3 is 1. The molecule has 134 valence electrons. The van der Waals surface area contributed by atoms with Gasteiger partial charge in [0.1, 0.15) is 11.5 Å². The number of hydrogen-bond acceptors (Lipinski definition) is 4. The first-order valence-corrected chi connectivity index (χ1v) is 9.60. The van der Waals surface area contributed by atoms with E-state index in [1.807, 2.05) is 6.07 Å². The number of aliphatic imine (C=N–C) groups is 1. The molecular weight excluding hydrogens is 322 g/mol. The SMILES string of the molecule is CCNC(=NCc1cc(OC)ccc1O)N1CCSC(C(C)C)C1. The predicted octanol–water partition coefficient (Wildman–Crippen LogP) is 2.94. The van der Waals surface area contributed by atoms with Crippen molar-refractivity contribution in [2.45, 2.75) is 32.6 Å². The van der Waals surface area contributed by atoms with E-state index in [2.05, 4.69) is 42.7 Å². The van der Waals surface area contributed by atoms with Gasteiger partial charge in [-0.3, -0.25) is 0 Å².